The summed E-state index contributed by atoms with van der Waals surface area (Å²) in [4.78, 5) is 2.05. The molecular formula is C16H31NO4. The van der Waals surface area contributed by atoms with Crippen LogP contribution in [0, 0.1) is 5.41 Å². The number of aliphatic hydroxyl groups excluding tert-OH is 2. The molecule has 0 saturated carbocycles. The Hall–Kier alpha value is -0.460. The van der Waals surface area contributed by atoms with Gasteiger partial charge in [0.05, 0.1) is 26.4 Å². The zero-order chi connectivity index (χ0) is 15.6. The van der Waals surface area contributed by atoms with Gasteiger partial charge in [0.1, 0.15) is 0 Å². The minimum atomic E-state index is -0.925. The van der Waals surface area contributed by atoms with Crippen LogP contribution in [0.2, 0.25) is 0 Å². The van der Waals surface area contributed by atoms with Crippen LogP contribution in [0.15, 0.2) is 12.2 Å². The van der Waals surface area contributed by atoms with Crippen molar-refractivity contribution in [3.05, 3.63) is 12.2 Å². The quantitative estimate of drug-likeness (QED) is 0.383. The SMILES string of the molecule is CN(C)CCOCCOC(O)C1(CO)CC/C=C/CCC1. The number of hydrogen-bond donors (Lipinski definition) is 2. The summed E-state index contributed by atoms with van der Waals surface area (Å²) < 4.78 is 11.0. The van der Waals surface area contributed by atoms with Crippen LogP contribution >= 0.6 is 0 Å². The number of nitrogens with zero attached hydrogens (tertiary/aromatic N) is 1. The molecule has 1 rings (SSSR count). The van der Waals surface area contributed by atoms with E-state index in [1.54, 1.807) is 0 Å². The molecule has 2 unspecified atom stereocenters. The highest BCUT2D eigenvalue weighted by Crippen LogP contribution is 2.36. The Bertz CT molecular complexity index is 296. The third kappa shape index (κ3) is 6.89. The van der Waals surface area contributed by atoms with Gasteiger partial charge in [-0.15, -0.1) is 0 Å². The maximum absolute atomic E-state index is 10.3. The van der Waals surface area contributed by atoms with Crippen LogP contribution in [-0.4, -0.2) is 68.5 Å². The molecule has 0 spiro atoms. The van der Waals surface area contributed by atoms with E-state index >= 15 is 0 Å². The summed E-state index contributed by atoms with van der Waals surface area (Å²) >= 11 is 0. The van der Waals surface area contributed by atoms with E-state index in [1.165, 1.54) is 0 Å². The molecule has 0 radical (unpaired) electrons. The number of ether oxygens (including phenoxy) is 2. The molecule has 2 N–H and O–H groups in total. The van der Waals surface area contributed by atoms with Gasteiger partial charge in [0.15, 0.2) is 6.29 Å². The molecule has 0 saturated heterocycles. The number of aliphatic hydroxyl groups is 2. The van der Waals surface area contributed by atoms with Crippen LogP contribution in [0.1, 0.15) is 32.1 Å². The fraction of sp³-hybridized carbons (Fsp3) is 0.875. The lowest BCUT2D eigenvalue weighted by molar-refractivity contribution is -0.198. The molecule has 0 fully saturated rings. The predicted octanol–water partition coefficient (Wildman–Crippen LogP) is 1.40. The first kappa shape index (κ1) is 18.6. The van der Waals surface area contributed by atoms with Gasteiger partial charge in [-0.2, -0.15) is 0 Å². The minimum absolute atomic E-state index is 0.0382. The topological polar surface area (TPSA) is 62.2 Å². The Kier molecular flexibility index (Phi) is 9.11. The van der Waals surface area contributed by atoms with Crippen molar-refractivity contribution in [3.63, 3.8) is 0 Å². The van der Waals surface area contributed by atoms with Gasteiger partial charge in [-0.05, 0) is 46.2 Å². The Morgan fingerprint density at radius 1 is 1.14 bits per heavy atom. The van der Waals surface area contributed by atoms with Gasteiger partial charge in [0, 0.05) is 12.0 Å². The lowest BCUT2D eigenvalue weighted by Crippen LogP contribution is -2.41. The number of rotatable bonds is 9. The molecule has 0 bridgehead atoms. The van der Waals surface area contributed by atoms with Gasteiger partial charge >= 0.3 is 0 Å². The van der Waals surface area contributed by atoms with Gasteiger partial charge in [-0.3, -0.25) is 0 Å². The zero-order valence-corrected chi connectivity index (χ0v) is 13.5. The molecule has 0 aromatic heterocycles. The molecule has 0 amide bonds. The van der Waals surface area contributed by atoms with Crippen LogP contribution in [0.25, 0.3) is 0 Å². The van der Waals surface area contributed by atoms with Gasteiger partial charge in [0.25, 0.3) is 0 Å². The average molecular weight is 301 g/mol. The number of likely N-dealkylation sites (N-methyl/N-ethyl adjacent to an activating group) is 1. The summed E-state index contributed by atoms with van der Waals surface area (Å²) in [7, 11) is 4.00. The van der Waals surface area contributed by atoms with Gasteiger partial charge in [0.2, 0.25) is 0 Å². The first-order valence-electron chi connectivity index (χ1n) is 7.89. The maximum Gasteiger partial charge on any atom is 0.162 e. The van der Waals surface area contributed by atoms with Crippen LogP contribution in [0.5, 0.6) is 0 Å². The number of hydrogen-bond acceptors (Lipinski definition) is 5. The second-order valence-corrected chi connectivity index (χ2v) is 6.06. The smallest absolute Gasteiger partial charge is 0.162 e. The molecule has 124 valence electrons. The molecule has 1 aliphatic rings. The molecule has 21 heavy (non-hydrogen) atoms. The summed E-state index contributed by atoms with van der Waals surface area (Å²) in [5.74, 6) is 0. The van der Waals surface area contributed by atoms with Crippen LogP contribution < -0.4 is 0 Å². The summed E-state index contributed by atoms with van der Waals surface area (Å²) in [6, 6.07) is 0. The molecule has 0 heterocycles. The van der Waals surface area contributed by atoms with E-state index in [0.717, 1.165) is 38.6 Å². The van der Waals surface area contributed by atoms with Crippen molar-refractivity contribution in [3.8, 4) is 0 Å². The third-order valence-electron chi connectivity index (χ3n) is 4.05. The molecule has 0 aromatic rings. The van der Waals surface area contributed by atoms with Gasteiger partial charge in [-0.25, -0.2) is 0 Å². The second-order valence-electron chi connectivity index (χ2n) is 6.06. The van der Waals surface area contributed by atoms with Crippen molar-refractivity contribution in [1.29, 1.82) is 0 Å². The second kappa shape index (κ2) is 10.3. The molecule has 5 nitrogen and oxygen atoms in total. The minimum Gasteiger partial charge on any atom is -0.396 e. The third-order valence-corrected chi connectivity index (χ3v) is 4.05. The lowest BCUT2D eigenvalue weighted by Gasteiger charge is -2.36. The number of allylic oxidation sites excluding steroid dienone is 2. The summed E-state index contributed by atoms with van der Waals surface area (Å²) in [5, 5.41) is 20.0. The summed E-state index contributed by atoms with van der Waals surface area (Å²) in [6.45, 7) is 2.31. The molecule has 1 aliphatic carbocycles. The summed E-state index contributed by atoms with van der Waals surface area (Å²) in [5.41, 5.74) is -0.533. The lowest BCUT2D eigenvalue weighted by atomic mass is 9.77. The van der Waals surface area contributed by atoms with Crippen LogP contribution in [-0.2, 0) is 9.47 Å². The van der Waals surface area contributed by atoms with Crippen molar-refractivity contribution < 1.29 is 19.7 Å². The van der Waals surface area contributed by atoms with Crippen molar-refractivity contribution >= 4 is 0 Å². The van der Waals surface area contributed by atoms with E-state index in [9.17, 15) is 10.2 Å². The molecule has 2 atom stereocenters. The van der Waals surface area contributed by atoms with E-state index in [1.807, 2.05) is 14.1 Å². The Labute approximate surface area is 128 Å². The maximum atomic E-state index is 10.3. The zero-order valence-electron chi connectivity index (χ0n) is 13.5. The van der Waals surface area contributed by atoms with Crippen LogP contribution in [0.3, 0.4) is 0 Å². The standard InChI is InChI=1S/C16H31NO4/c1-17(2)10-11-20-12-13-21-15(19)16(14-18)8-6-4-3-5-7-9-16/h3-4,15,18-19H,5-14H2,1-2H3/b4-3+. The Balaban J connectivity index is 2.30. The van der Waals surface area contributed by atoms with Gasteiger partial charge < -0.3 is 24.6 Å². The Morgan fingerprint density at radius 2 is 1.90 bits per heavy atom. The monoisotopic (exact) mass is 301 g/mol. The van der Waals surface area contributed by atoms with Crippen molar-refractivity contribution in [2.45, 2.75) is 38.4 Å². The largest absolute Gasteiger partial charge is 0.396 e. The molecule has 5 heteroatoms. The highest BCUT2D eigenvalue weighted by molar-refractivity contribution is 4.91. The van der Waals surface area contributed by atoms with E-state index in [4.69, 9.17) is 9.47 Å². The normalized spacial score (nSPS) is 26.3. The van der Waals surface area contributed by atoms with E-state index in [-0.39, 0.29) is 6.61 Å². The van der Waals surface area contributed by atoms with Crippen molar-refractivity contribution in [2.75, 3.05) is 47.1 Å². The highest BCUT2D eigenvalue weighted by Gasteiger charge is 2.37. The van der Waals surface area contributed by atoms with Crippen molar-refractivity contribution in [1.82, 2.24) is 4.90 Å². The summed E-state index contributed by atoms with van der Waals surface area (Å²) in [6.07, 6.45) is 7.76. The van der Waals surface area contributed by atoms with E-state index in [0.29, 0.717) is 19.8 Å². The van der Waals surface area contributed by atoms with Gasteiger partial charge in [-0.1, -0.05) is 12.2 Å². The first-order chi connectivity index (χ1) is 10.1. The van der Waals surface area contributed by atoms with Crippen LogP contribution in [0.4, 0.5) is 0 Å². The molecular weight excluding hydrogens is 270 g/mol. The first-order valence-corrected chi connectivity index (χ1v) is 7.89. The molecule has 0 aliphatic heterocycles. The highest BCUT2D eigenvalue weighted by atomic mass is 16.6. The average Bonchev–Trinajstić information content (AvgIpc) is 2.42. The van der Waals surface area contributed by atoms with E-state index in [2.05, 4.69) is 17.1 Å². The predicted molar refractivity (Wildman–Crippen MR) is 83.1 cm³/mol. The van der Waals surface area contributed by atoms with E-state index < -0.39 is 11.7 Å². The Morgan fingerprint density at radius 3 is 2.62 bits per heavy atom. The molecule has 0 aromatic carbocycles. The fourth-order valence-electron chi connectivity index (χ4n) is 2.53. The van der Waals surface area contributed by atoms with Crippen molar-refractivity contribution in [2.24, 2.45) is 5.41 Å². The fourth-order valence-corrected chi connectivity index (χ4v) is 2.53.